The van der Waals surface area contributed by atoms with Crippen LogP contribution in [0.2, 0.25) is 0 Å². The van der Waals surface area contributed by atoms with Gasteiger partial charge in [0, 0.05) is 31.1 Å². The molecule has 110 valence electrons. The number of fused-ring (bicyclic) bond motifs is 4. The zero-order valence-electron chi connectivity index (χ0n) is 12.8. The van der Waals surface area contributed by atoms with Gasteiger partial charge < -0.3 is 4.57 Å². The van der Waals surface area contributed by atoms with Crippen molar-refractivity contribution in [3.63, 3.8) is 0 Å². The summed E-state index contributed by atoms with van der Waals surface area (Å²) < 4.78 is 2.58. The maximum Gasteiger partial charge on any atom is 0.114 e. The number of hydrogen-bond donors (Lipinski definition) is 0. The summed E-state index contributed by atoms with van der Waals surface area (Å²) in [4.78, 5) is 7.81. The highest BCUT2D eigenvalue weighted by Gasteiger charge is 2.39. The van der Waals surface area contributed by atoms with E-state index in [2.05, 4.69) is 34.6 Å². The molecular formula is C18H23N3. The van der Waals surface area contributed by atoms with Gasteiger partial charge in [0.25, 0.3) is 0 Å². The quantitative estimate of drug-likeness (QED) is 0.796. The van der Waals surface area contributed by atoms with Gasteiger partial charge in [-0.15, -0.1) is 0 Å². The minimum absolute atomic E-state index is 0.645. The van der Waals surface area contributed by atoms with Crippen molar-refractivity contribution in [2.75, 3.05) is 13.1 Å². The molecule has 2 bridgehead atoms. The van der Waals surface area contributed by atoms with Gasteiger partial charge in [-0.05, 0) is 50.3 Å². The first-order chi connectivity index (χ1) is 10.3. The van der Waals surface area contributed by atoms with Crippen LogP contribution < -0.4 is 0 Å². The Morgan fingerprint density at radius 3 is 2.76 bits per heavy atom. The molecule has 1 aromatic carbocycles. The lowest BCUT2D eigenvalue weighted by atomic mass is 9.91. The van der Waals surface area contributed by atoms with Crippen molar-refractivity contribution < 1.29 is 0 Å². The smallest absolute Gasteiger partial charge is 0.114 e. The minimum Gasteiger partial charge on any atom is -0.323 e. The van der Waals surface area contributed by atoms with Crippen LogP contribution in [0.3, 0.4) is 0 Å². The third kappa shape index (κ3) is 1.73. The lowest BCUT2D eigenvalue weighted by Crippen LogP contribution is -2.42. The van der Waals surface area contributed by atoms with Crippen molar-refractivity contribution >= 4 is 11.0 Å². The summed E-state index contributed by atoms with van der Waals surface area (Å²) in [6.07, 6.45) is 6.93. The van der Waals surface area contributed by atoms with E-state index in [4.69, 9.17) is 4.98 Å². The first-order valence-electron chi connectivity index (χ1n) is 8.52. The zero-order chi connectivity index (χ0) is 14.0. The molecule has 1 aliphatic carbocycles. The summed E-state index contributed by atoms with van der Waals surface area (Å²) >= 11 is 0. The maximum absolute atomic E-state index is 5.03. The molecule has 3 nitrogen and oxygen atoms in total. The topological polar surface area (TPSA) is 21.1 Å². The number of nitrogens with zero attached hydrogens (tertiary/aromatic N) is 3. The van der Waals surface area contributed by atoms with E-state index in [-0.39, 0.29) is 0 Å². The summed E-state index contributed by atoms with van der Waals surface area (Å²) in [5, 5.41) is 0. The standard InChI is InChI=1S/C18H23N3/c1-12-5-8-17-16(9-12)19-18-13-6-7-15(21(17)18)11-20(10-13)14-3-2-4-14/h5,8-9,13-15H,2-4,6-7,10-11H2,1H3. The predicted octanol–water partition coefficient (Wildman–Crippen LogP) is 3.63. The van der Waals surface area contributed by atoms with E-state index < -0.39 is 0 Å². The molecule has 2 fully saturated rings. The van der Waals surface area contributed by atoms with E-state index in [0.717, 1.165) is 6.04 Å². The Labute approximate surface area is 126 Å². The van der Waals surface area contributed by atoms with E-state index >= 15 is 0 Å². The molecule has 1 saturated heterocycles. The Hall–Kier alpha value is -1.35. The summed E-state index contributed by atoms with van der Waals surface area (Å²) in [5.41, 5.74) is 3.89. The molecule has 4 heterocycles. The molecule has 21 heavy (non-hydrogen) atoms. The number of imidazole rings is 1. The zero-order valence-corrected chi connectivity index (χ0v) is 12.8. The molecule has 1 aromatic heterocycles. The van der Waals surface area contributed by atoms with E-state index in [1.807, 2.05) is 0 Å². The van der Waals surface area contributed by atoms with E-state index in [1.54, 1.807) is 0 Å². The average Bonchev–Trinajstić information content (AvgIpc) is 2.57. The van der Waals surface area contributed by atoms with Crippen LogP contribution in [0.4, 0.5) is 0 Å². The highest BCUT2D eigenvalue weighted by molar-refractivity contribution is 5.77. The van der Waals surface area contributed by atoms with Crippen LogP contribution in [0.5, 0.6) is 0 Å². The van der Waals surface area contributed by atoms with Crippen molar-refractivity contribution in [3.8, 4) is 0 Å². The van der Waals surface area contributed by atoms with Crippen LogP contribution in [0.15, 0.2) is 18.2 Å². The monoisotopic (exact) mass is 281 g/mol. The second kappa shape index (κ2) is 4.33. The van der Waals surface area contributed by atoms with Crippen LogP contribution >= 0.6 is 0 Å². The van der Waals surface area contributed by atoms with Crippen LogP contribution in [0.1, 0.15) is 55.5 Å². The average molecular weight is 281 g/mol. The first-order valence-corrected chi connectivity index (χ1v) is 8.52. The third-order valence-corrected chi connectivity index (χ3v) is 5.94. The molecule has 1 saturated carbocycles. The summed E-state index contributed by atoms with van der Waals surface area (Å²) in [6.45, 7) is 4.65. The highest BCUT2D eigenvalue weighted by Crippen LogP contribution is 2.42. The van der Waals surface area contributed by atoms with Crippen molar-refractivity contribution in [2.24, 2.45) is 0 Å². The minimum atomic E-state index is 0.645. The molecule has 0 amide bonds. The van der Waals surface area contributed by atoms with Gasteiger partial charge in [0.1, 0.15) is 5.82 Å². The molecule has 2 aromatic rings. The van der Waals surface area contributed by atoms with Crippen molar-refractivity contribution in [1.82, 2.24) is 14.5 Å². The van der Waals surface area contributed by atoms with Gasteiger partial charge in [0.15, 0.2) is 0 Å². The fraction of sp³-hybridized carbons (Fsp3) is 0.611. The van der Waals surface area contributed by atoms with Crippen LogP contribution in [-0.2, 0) is 0 Å². The maximum atomic E-state index is 5.03. The Kier molecular flexibility index (Phi) is 2.52. The number of aromatic nitrogens is 2. The molecule has 0 radical (unpaired) electrons. The van der Waals surface area contributed by atoms with Gasteiger partial charge >= 0.3 is 0 Å². The number of aryl methyl sites for hydroxylation is 1. The Morgan fingerprint density at radius 1 is 1.05 bits per heavy atom. The van der Waals surface area contributed by atoms with E-state index in [9.17, 15) is 0 Å². The molecule has 3 heteroatoms. The van der Waals surface area contributed by atoms with Gasteiger partial charge in [-0.1, -0.05) is 12.5 Å². The largest absolute Gasteiger partial charge is 0.323 e. The number of hydrogen-bond acceptors (Lipinski definition) is 2. The van der Waals surface area contributed by atoms with Gasteiger partial charge in [-0.25, -0.2) is 4.98 Å². The second-order valence-corrected chi connectivity index (χ2v) is 7.30. The molecular weight excluding hydrogens is 258 g/mol. The van der Waals surface area contributed by atoms with Crippen LogP contribution in [0, 0.1) is 6.92 Å². The summed E-state index contributed by atoms with van der Waals surface area (Å²) in [7, 11) is 0. The van der Waals surface area contributed by atoms with Crippen molar-refractivity contribution in [1.29, 1.82) is 0 Å². The highest BCUT2D eigenvalue weighted by atomic mass is 15.3. The lowest BCUT2D eigenvalue weighted by molar-refractivity contribution is 0.121. The summed E-state index contributed by atoms with van der Waals surface area (Å²) in [5.74, 6) is 2.02. The lowest BCUT2D eigenvalue weighted by Gasteiger charge is -2.37. The molecule has 4 aliphatic rings. The first kappa shape index (κ1) is 12.2. The van der Waals surface area contributed by atoms with Crippen molar-refractivity contribution in [2.45, 2.75) is 57.0 Å². The van der Waals surface area contributed by atoms with Gasteiger partial charge in [0.2, 0.25) is 0 Å². The molecule has 0 spiro atoms. The normalized spacial score (nSPS) is 29.4. The van der Waals surface area contributed by atoms with Crippen molar-refractivity contribution in [3.05, 3.63) is 29.6 Å². The van der Waals surface area contributed by atoms with Gasteiger partial charge in [-0.2, -0.15) is 0 Å². The predicted molar refractivity (Wildman–Crippen MR) is 84.7 cm³/mol. The Bertz CT molecular complexity index is 698. The fourth-order valence-electron chi connectivity index (χ4n) is 4.58. The van der Waals surface area contributed by atoms with Gasteiger partial charge in [0.05, 0.1) is 11.0 Å². The van der Waals surface area contributed by atoms with Gasteiger partial charge in [-0.3, -0.25) is 4.90 Å². The molecule has 2 unspecified atom stereocenters. The SMILES string of the molecule is Cc1ccc2c(c1)nc1n2C2CCC1CN(C1CCC1)C2. The number of benzene rings is 1. The number of rotatable bonds is 1. The second-order valence-electron chi connectivity index (χ2n) is 7.30. The Morgan fingerprint density at radius 2 is 1.95 bits per heavy atom. The van der Waals surface area contributed by atoms with Crippen LogP contribution in [-0.4, -0.2) is 33.6 Å². The third-order valence-electron chi connectivity index (χ3n) is 5.94. The molecule has 6 rings (SSSR count). The van der Waals surface area contributed by atoms with Crippen LogP contribution in [0.25, 0.3) is 11.0 Å². The molecule has 3 aliphatic heterocycles. The molecule has 2 atom stereocenters. The van der Waals surface area contributed by atoms with E-state index in [1.165, 1.54) is 67.6 Å². The summed E-state index contributed by atoms with van der Waals surface area (Å²) in [6, 6.07) is 8.29. The Balaban J connectivity index is 1.62. The molecule has 0 N–H and O–H groups in total. The fourth-order valence-corrected chi connectivity index (χ4v) is 4.58. The van der Waals surface area contributed by atoms with E-state index in [0.29, 0.717) is 12.0 Å².